The van der Waals surface area contributed by atoms with Crippen LogP contribution in [0.5, 0.6) is 0 Å². The summed E-state index contributed by atoms with van der Waals surface area (Å²) in [4.78, 5) is 11.8. The second kappa shape index (κ2) is 8.80. The smallest absolute Gasteiger partial charge is 0.220 e. The van der Waals surface area contributed by atoms with E-state index in [0.717, 1.165) is 31.6 Å². The minimum absolute atomic E-state index is 0.0702. The fraction of sp³-hybridized carbons (Fsp3) is 0.588. The van der Waals surface area contributed by atoms with Gasteiger partial charge in [0.05, 0.1) is 12.7 Å². The van der Waals surface area contributed by atoms with Gasteiger partial charge in [0.15, 0.2) is 0 Å². The predicted molar refractivity (Wildman–Crippen MR) is 81.8 cm³/mol. The Morgan fingerprint density at radius 1 is 1.38 bits per heavy atom. The van der Waals surface area contributed by atoms with Gasteiger partial charge in [0.2, 0.25) is 5.91 Å². The quantitative estimate of drug-likeness (QED) is 0.811. The maximum Gasteiger partial charge on any atom is 0.220 e. The van der Waals surface area contributed by atoms with Gasteiger partial charge in [0.1, 0.15) is 0 Å². The molecule has 1 fully saturated rings. The number of carbonyl (C=O) groups excluding carboxylic acids is 1. The molecule has 116 valence electrons. The third kappa shape index (κ3) is 5.86. The molecular formula is C17H25NO3. The van der Waals surface area contributed by atoms with Gasteiger partial charge in [-0.2, -0.15) is 0 Å². The summed E-state index contributed by atoms with van der Waals surface area (Å²) in [5.74, 6) is 0.526. The number of hydrogen-bond donors (Lipinski definition) is 2. The standard InChI is InChI=1S/C17H25NO3/c19-16(15-7-2-1-3-8-15)9-4-10-17(20)18-12-14-6-5-11-21-13-14/h1-3,7-8,14,16,19H,4-6,9-13H2,(H,18,20)/t14-,16-/m0/s1. The van der Waals surface area contributed by atoms with Gasteiger partial charge in [-0.25, -0.2) is 0 Å². The lowest BCUT2D eigenvalue weighted by Crippen LogP contribution is -2.33. The lowest BCUT2D eigenvalue weighted by molar-refractivity contribution is -0.121. The predicted octanol–water partition coefficient (Wildman–Crippen LogP) is 2.43. The highest BCUT2D eigenvalue weighted by Crippen LogP contribution is 2.18. The first kappa shape index (κ1) is 16.0. The van der Waals surface area contributed by atoms with Crippen LogP contribution in [0.2, 0.25) is 0 Å². The topological polar surface area (TPSA) is 58.6 Å². The molecule has 0 saturated carbocycles. The maximum atomic E-state index is 11.8. The van der Waals surface area contributed by atoms with Gasteiger partial charge in [0.25, 0.3) is 0 Å². The SMILES string of the molecule is O=C(CCC[C@H](O)c1ccccc1)NC[C@@H]1CCCOC1. The fourth-order valence-corrected chi connectivity index (χ4v) is 2.61. The van der Waals surface area contributed by atoms with Crippen molar-refractivity contribution in [3.63, 3.8) is 0 Å². The fourth-order valence-electron chi connectivity index (χ4n) is 2.61. The highest BCUT2D eigenvalue weighted by atomic mass is 16.5. The molecule has 1 aromatic carbocycles. The van der Waals surface area contributed by atoms with Gasteiger partial charge in [-0.15, -0.1) is 0 Å². The van der Waals surface area contributed by atoms with E-state index in [0.29, 0.717) is 31.7 Å². The molecule has 1 amide bonds. The Labute approximate surface area is 126 Å². The average Bonchev–Trinajstić information content (AvgIpc) is 2.54. The van der Waals surface area contributed by atoms with Crippen LogP contribution in [0.15, 0.2) is 30.3 Å². The van der Waals surface area contributed by atoms with Crippen molar-refractivity contribution in [3.8, 4) is 0 Å². The zero-order chi connectivity index (χ0) is 14.9. The van der Waals surface area contributed by atoms with Crippen LogP contribution in [0.4, 0.5) is 0 Å². The molecular weight excluding hydrogens is 266 g/mol. The van der Waals surface area contributed by atoms with Gasteiger partial charge in [-0.1, -0.05) is 30.3 Å². The summed E-state index contributed by atoms with van der Waals surface area (Å²) in [6, 6.07) is 9.58. The Morgan fingerprint density at radius 3 is 2.90 bits per heavy atom. The molecule has 1 aliphatic heterocycles. The van der Waals surface area contributed by atoms with Crippen LogP contribution in [0, 0.1) is 5.92 Å². The summed E-state index contributed by atoms with van der Waals surface area (Å²) in [5.41, 5.74) is 0.914. The molecule has 0 radical (unpaired) electrons. The first-order chi connectivity index (χ1) is 10.3. The van der Waals surface area contributed by atoms with E-state index in [1.165, 1.54) is 0 Å². The van der Waals surface area contributed by atoms with Gasteiger partial charge < -0.3 is 15.2 Å². The first-order valence-corrected chi connectivity index (χ1v) is 7.83. The van der Waals surface area contributed by atoms with E-state index in [2.05, 4.69) is 5.32 Å². The molecule has 4 heteroatoms. The minimum atomic E-state index is -0.481. The number of aliphatic hydroxyl groups is 1. The number of hydrogen-bond acceptors (Lipinski definition) is 3. The maximum absolute atomic E-state index is 11.8. The highest BCUT2D eigenvalue weighted by Gasteiger charge is 2.15. The molecule has 1 saturated heterocycles. The van der Waals surface area contributed by atoms with Crippen molar-refractivity contribution in [2.45, 2.75) is 38.2 Å². The second-order valence-electron chi connectivity index (χ2n) is 5.71. The molecule has 1 heterocycles. The summed E-state index contributed by atoms with van der Waals surface area (Å²) in [7, 11) is 0. The lowest BCUT2D eigenvalue weighted by Gasteiger charge is -2.22. The molecule has 1 aliphatic rings. The molecule has 0 spiro atoms. The number of carbonyl (C=O) groups is 1. The monoisotopic (exact) mass is 291 g/mol. The summed E-state index contributed by atoms with van der Waals surface area (Å²) in [6.45, 7) is 2.31. The Balaban J connectivity index is 1.58. The number of amides is 1. The molecule has 4 nitrogen and oxygen atoms in total. The van der Waals surface area contributed by atoms with Crippen LogP contribution >= 0.6 is 0 Å². The van der Waals surface area contributed by atoms with Crippen molar-refractivity contribution in [2.24, 2.45) is 5.92 Å². The Hall–Kier alpha value is -1.39. The second-order valence-corrected chi connectivity index (χ2v) is 5.71. The van der Waals surface area contributed by atoms with Gasteiger partial charge in [-0.05, 0) is 37.2 Å². The van der Waals surface area contributed by atoms with Crippen molar-refractivity contribution >= 4 is 5.91 Å². The van der Waals surface area contributed by atoms with Crippen LogP contribution in [-0.4, -0.2) is 30.8 Å². The van der Waals surface area contributed by atoms with E-state index in [1.54, 1.807) is 0 Å². The van der Waals surface area contributed by atoms with Crippen LogP contribution in [-0.2, 0) is 9.53 Å². The van der Waals surface area contributed by atoms with E-state index in [4.69, 9.17) is 4.74 Å². The number of nitrogens with one attached hydrogen (secondary N) is 1. The largest absolute Gasteiger partial charge is 0.388 e. The summed E-state index contributed by atoms with van der Waals surface area (Å²) in [5, 5.41) is 13.0. The van der Waals surface area contributed by atoms with Crippen molar-refractivity contribution < 1.29 is 14.6 Å². The number of ether oxygens (including phenoxy) is 1. The molecule has 1 aromatic rings. The zero-order valence-electron chi connectivity index (χ0n) is 12.5. The Bertz CT molecular complexity index is 415. The lowest BCUT2D eigenvalue weighted by atomic mass is 10.0. The summed E-state index contributed by atoms with van der Waals surface area (Å²) >= 11 is 0. The molecule has 2 atom stereocenters. The van der Waals surface area contributed by atoms with E-state index >= 15 is 0 Å². The molecule has 0 bridgehead atoms. The normalized spacial score (nSPS) is 20.0. The van der Waals surface area contributed by atoms with Gasteiger partial charge >= 0.3 is 0 Å². The van der Waals surface area contributed by atoms with Crippen molar-refractivity contribution in [3.05, 3.63) is 35.9 Å². The van der Waals surface area contributed by atoms with Crippen molar-refractivity contribution in [2.75, 3.05) is 19.8 Å². The van der Waals surface area contributed by atoms with Gasteiger partial charge in [-0.3, -0.25) is 4.79 Å². The number of benzene rings is 1. The average molecular weight is 291 g/mol. The third-order valence-electron chi connectivity index (χ3n) is 3.91. The Morgan fingerprint density at radius 2 is 2.19 bits per heavy atom. The molecule has 0 aromatic heterocycles. The van der Waals surface area contributed by atoms with Gasteiger partial charge in [0, 0.05) is 19.6 Å². The van der Waals surface area contributed by atoms with E-state index in [-0.39, 0.29) is 5.91 Å². The molecule has 0 unspecified atom stereocenters. The highest BCUT2D eigenvalue weighted by molar-refractivity contribution is 5.75. The van der Waals surface area contributed by atoms with Crippen LogP contribution in [0.25, 0.3) is 0 Å². The van der Waals surface area contributed by atoms with E-state index in [1.807, 2.05) is 30.3 Å². The van der Waals surface area contributed by atoms with E-state index < -0.39 is 6.10 Å². The van der Waals surface area contributed by atoms with Crippen LogP contribution in [0.1, 0.15) is 43.8 Å². The van der Waals surface area contributed by atoms with Crippen molar-refractivity contribution in [1.29, 1.82) is 0 Å². The molecule has 0 aliphatic carbocycles. The Kier molecular flexibility index (Phi) is 6.70. The first-order valence-electron chi connectivity index (χ1n) is 7.83. The third-order valence-corrected chi connectivity index (χ3v) is 3.91. The summed E-state index contributed by atoms with van der Waals surface area (Å²) < 4.78 is 5.39. The molecule has 2 rings (SSSR count). The molecule has 2 N–H and O–H groups in total. The van der Waals surface area contributed by atoms with Crippen LogP contribution in [0.3, 0.4) is 0 Å². The molecule has 21 heavy (non-hydrogen) atoms. The van der Waals surface area contributed by atoms with E-state index in [9.17, 15) is 9.90 Å². The van der Waals surface area contributed by atoms with Crippen LogP contribution < -0.4 is 5.32 Å². The number of rotatable bonds is 7. The number of aliphatic hydroxyl groups excluding tert-OH is 1. The zero-order valence-corrected chi connectivity index (χ0v) is 12.5. The minimum Gasteiger partial charge on any atom is -0.388 e. The van der Waals surface area contributed by atoms with Crippen molar-refractivity contribution in [1.82, 2.24) is 5.32 Å². The summed E-state index contributed by atoms with van der Waals surface area (Å²) in [6.07, 6.45) is 3.52.